The minimum atomic E-state index is -0.155. The topological polar surface area (TPSA) is 12.9 Å². The molecule has 0 aliphatic carbocycles. The molecule has 3 heteroatoms. The second kappa shape index (κ2) is 3.74. The zero-order valence-electron chi connectivity index (χ0n) is 8.97. The van der Waals surface area contributed by atoms with Crippen molar-refractivity contribution in [2.24, 2.45) is 0 Å². The van der Waals surface area contributed by atoms with Crippen molar-refractivity contribution < 1.29 is 4.39 Å². The summed E-state index contributed by atoms with van der Waals surface area (Å²) in [6, 6.07) is 5.19. The highest BCUT2D eigenvalue weighted by molar-refractivity contribution is 7.15. The summed E-state index contributed by atoms with van der Waals surface area (Å²) in [5.41, 5.74) is 2.75. The fourth-order valence-electron chi connectivity index (χ4n) is 1.59. The molecule has 0 saturated heterocycles. The van der Waals surface area contributed by atoms with Crippen molar-refractivity contribution in [1.82, 2.24) is 4.98 Å². The van der Waals surface area contributed by atoms with E-state index < -0.39 is 0 Å². The Balaban J connectivity index is 2.54. The van der Waals surface area contributed by atoms with Crippen LogP contribution in [0, 0.1) is 26.6 Å². The first kappa shape index (κ1) is 10.3. The normalized spacial score (nSPS) is 10.7. The van der Waals surface area contributed by atoms with E-state index in [2.05, 4.69) is 4.98 Å². The Hall–Kier alpha value is -1.22. The summed E-state index contributed by atoms with van der Waals surface area (Å²) in [6.45, 7) is 5.75. The molecule has 78 valence electrons. The molecule has 0 spiro atoms. The highest BCUT2D eigenvalue weighted by Crippen LogP contribution is 2.30. The van der Waals surface area contributed by atoms with Crippen molar-refractivity contribution >= 4 is 11.3 Å². The molecule has 0 aliphatic rings. The van der Waals surface area contributed by atoms with Gasteiger partial charge >= 0.3 is 0 Å². The van der Waals surface area contributed by atoms with Crippen LogP contribution in [0.25, 0.3) is 10.4 Å². The van der Waals surface area contributed by atoms with E-state index >= 15 is 0 Å². The Kier molecular flexibility index (Phi) is 2.57. The molecule has 0 saturated carbocycles. The van der Waals surface area contributed by atoms with Crippen LogP contribution in [0.15, 0.2) is 18.2 Å². The molecule has 0 N–H and O–H groups in total. The molecule has 1 nitrogen and oxygen atoms in total. The number of benzene rings is 1. The van der Waals surface area contributed by atoms with Gasteiger partial charge in [-0.15, -0.1) is 11.3 Å². The van der Waals surface area contributed by atoms with Gasteiger partial charge in [-0.25, -0.2) is 9.37 Å². The van der Waals surface area contributed by atoms with Crippen molar-refractivity contribution in [2.75, 3.05) is 0 Å². The predicted octanol–water partition coefficient (Wildman–Crippen LogP) is 3.87. The van der Waals surface area contributed by atoms with Gasteiger partial charge in [-0.1, -0.05) is 6.07 Å². The summed E-state index contributed by atoms with van der Waals surface area (Å²) in [6.07, 6.45) is 0. The second-order valence-corrected chi connectivity index (χ2v) is 4.81. The number of nitrogens with zero attached hydrogens (tertiary/aromatic N) is 1. The van der Waals surface area contributed by atoms with Crippen LogP contribution < -0.4 is 0 Å². The van der Waals surface area contributed by atoms with Gasteiger partial charge in [-0.05, 0) is 44.0 Å². The van der Waals surface area contributed by atoms with Gasteiger partial charge in [-0.3, -0.25) is 0 Å². The number of aryl methyl sites for hydroxylation is 3. The minimum Gasteiger partial charge on any atom is -0.246 e. The summed E-state index contributed by atoms with van der Waals surface area (Å²) in [7, 11) is 0. The summed E-state index contributed by atoms with van der Waals surface area (Å²) in [4.78, 5) is 5.50. The zero-order valence-corrected chi connectivity index (χ0v) is 9.78. The fourth-order valence-corrected chi connectivity index (χ4v) is 2.50. The molecule has 15 heavy (non-hydrogen) atoms. The molecule has 1 heterocycles. The van der Waals surface area contributed by atoms with Crippen molar-refractivity contribution in [3.05, 3.63) is 40.3 Å². The molecule has 0 atom stereocenters. The molecule has 0 aliphatic heterocycles. The molecule has 0 bridgehead atoms. The van der Waals surface area contributed by atoms with E-state index in [1.54, 1.807) is 18.3 Å². The minimum absolute atomic E-state index is 0.155. The smallest absolute Gasteiger partial charge is 0.126 e. The monoisotopic (exact) mass is 221 g/mol. The lowest BCUT2D eigenvalue weighted by atomic mass is 10.1. The van der Waals surface area contributed by atoms with Gasteiger partial charge in [0.25, 0.3) is 0 Å². The van der Waals surface area contributed by atoms with E-state index in [1.807, 2.05) is 26.0 Å². The Morgan fingerprint density at radius 1 is 1.20 bits per heavy atom. The van der Waals surface area contributed by atoms with Gasteiger partial charge in [-0.2, -0.15) is 0 Å². The maximum absolute atomic E-state index is 13.1. The van der Waals surface area contributed by atoms with Crippen LogP contribution in [0.2, 0.25) is 0 Å². The van der Waals surface area contributed by atoms with Gasteiger partial charge in [0, 0.05) is 0 Å². The van der Waals surface area contributed by atoms with Crippen LogP contribution in [0.3, 0.4) is 0 Å². The highest BCUT2D eigenvalue weighted by Gasteiger charge is 2.08. The summed E-state index contributed by atoms with van der Waals surface area (Å²) in [5, 5.41) is 1.05. The standard InChI is InChI=1S/C12H12FNS/c1-7-6-10(4-5-11(7)13)12-8(2)14-9(3)15-12/h4-6H,1-3H3. The van der Waals surface area contributed by atoms with Crippen molar-refractivity contribution in [3.63, 3.8) is 0 Å². The summed E-state index contributed by atoms with van der Waals surface area (Å²) < 4.78 is 13.1. The van der Waals surface area contributed by atoms with E-state index in [0.717, 1.165) is 21.1 Å². The van der Waals surface area contributed by atoms with Gasteiger partial charge in [0.05, 0.1) is 15.6 Å². The van der Waals surface area contributed by atoms with Crippen LogP contribution in [0.4, 0.5) is 4.39 Å². The SMILES string of the molecule is Cc1nc(C)c(-c2ccc(F)c(C)c2)s1. The maximum Gasteiger partial charge on any atom is 0.126 e. The fraction of sp³-hybridized carbons (Fsp3) is 0.250. The first-order valence-corrected chi connectivity index (χ1v) is 5.60. The Morgan fingerprint density at radius 2 is 1.93 bits per heavy atom. The van der Waals surface area contributed by atoms with Crippen LogP contribution in [-0.4, -0.2) is 4.98 Å². The molecule has 0 radical (unpaired) electrons. The number of thiazole rings is 1. The number of halogens is 1. The van der Waals surface area contributed by atoms with Gasteiger partial charge in [0.2, 0.25) is 0 Å². The lowest BCUT2D eigenvalue weighted by molar-refractivity contribution is 0.619. The molecular formula is C12H12FNS. The molecule has 0 amide bonds. The van der Waals surface area contributed by atoms with E-state index in [4.69, 9.17) is 0 Å². The average Bonchev–Trinajstić information content (AvgIpc) is 2.50. The molecule has 2 aromatic rings. The molecule has 0 unspecified atom stereocenters. The summed E-state index contributed by atoms with van der Waals surface area (Å²) >= 11 is 1.65. The van der Waals surface area contributed by atoms with E-state index in [0.29, 0.717) is 5.56 Å². The average molecular weight is 221 g/mol. The second-order valence-electron chi connectivity index (χ2n) is 3.61. The number of aromatic nitrogens is 1. The first-order chi connectivity index (χ1) is 7.08. The summed E-state index contributed by atoms with van der Waals surface area (Å²) in [5.74, 6) is -0.155. The van der Waals surface area contributed by atoms with Crippen LogP contribution in [0.5, 0.6) is 0 Å². The first-order valence-electron chi connectivity index (χ1n) is 4.78. The molecule has 2 rings (SSSR count). The van der Waals surface area contributed by atoms with Crippen LogP contribution in [-0.2, 0) is 0 Å². The lowest BCUT2D eigenvalue weighted by Gasteiger charge is -2.01. The van der Waals surface area contributed by atoms with Gasteiger partial charge in [0.15, 0.2) is 0 Å². The number of rotatable bonds is 1. The van der Waals surface area contributed by atoms with Crippen LogP contribution >= 0.6 is 11.3 Å². The lowest BCUT2D eigenvalue weighted by Crippen LogP contribution is -1.84. The van der Waals surface area contributed by atoms with Crippen molar-refractivity contribution in [1.29, 1.82) is 0 Å². The Labute approximate surface area is 92.6 Å². The number of hydrogen-bond acceptors (Lipinski definition) is 2. The molecule has 1 aromatic carbocycles. The third kappa shape index (κ3) is 1.92. The largest absolute Gasteiger partial charge is 0.246 e. The van der Waals surface area contributed by atoms with E-state index in [1.165, 1.54) is 6.07 Å². The molecule has 0 fully saturated rings. The molecule has 1 aromatic heterocycles. The van der Waals surface area contributed by atoms with E-state index in [-0.39, 0.29) is 5.82 Å². The van der Waals surface area contributed by atoms with Crippen LogP contribution in [0.1, 0.15) is 16.3 Å². The van der Waals surface area contributed by atoms with E-state index in [9.17, 15) is 4.39 Å². The Morgan fingerprint density at radius 3 is 2.47 bits per heavy atom. The van der Waals surface area contributed by atoms with Crippen molar-refractivity contribution in [2.45, 2.75) is 20.8 Å². The van der Waals surface area contributed by atoms with Crippen molar-refractivity contribution in [3.8, 4) is 10.4 Å². The predicted molar refractivity (Wildman–Crippen MR) is 61.7 cm³/mol. The van der Waals surface area contributed by atoms with Gasteiger partial charge in [0.1, 0.15) is 5.82 Å². The number of hydrogen-bond donors (Lipinski definition) is 0. The quantitative estimate of drug-likeness (QED) is 0.712. The van der Waals surface area contributed by atoms with Gasteiger partial charge < -0.3 is 0 Å². The third-order valence-electron chi connectivity index (χ3n) is 2.32. The third-order valence-corrected chi connectivity index (χ3v) is 3.45. The Bertz CT molecular complexity index is 502. The highest BCUT2D eigenvalue weighted by atomic mass is 32.1. The zero-order chi connectivity index (χ0) is 11.0. The molecular weight excluding hydrogens is 209 g/mol. The maximum atomic E-state index is 13.1.